The highest BCUT2D eigenvalue weighted by atomic mass is 16.2. The second-order valence-corrected chi connectivity index (χ2v) is 8.37. The minimum Gasteiger partial charge on any atom is -0.356 e. The van der Waals surface area contributed by atoms with Gasteiger partial charge in [0.05, 0.1) is 5.52 Å². The van der Waals surface area contributed by atoms with Gasteiger partial charge in [-0.1, -0.05) is 30.3 Å². The van der Waals surface area contributed by atoms with E-state index >= 15 is 0 Å². The van der Waals surface area contributed by atoms with Gasteiger partial charge >= 0.3 is 0 Å². The molecule has 1 fully saturated rings. The molecule has 1 amide bonds. The predicted molar refractivity (Wildman–Crippen MR) is 129 cm³/mol. The molecule has 2 aromatic carbocycles. The first-order valence-corrected chi connectivity index (χ1v) is 11.1. The molecule has 0 saturated carbocycles. The summed E-state index contributed by atoms with van der Waals surface area (Å²) >= 11 is 0. The molecule has 4 aromatic rings. The number of carbonyl (C=O) groups excluding carboxylic acids is 2. The summed E-state index contributed by atoms with van der Waals surface area (Å²) in [6.07, 6.45) is 5.10. The first kappa shape index (κ1) is 20.9. The van der Waals surface area contributed by atoms with Crippen LogP contribution in [0.15, 0.2) is 73.2 Å². The third-order valence-electron chi connectivity index (χ3n) is 6.21. The summed E-state index contributed by atoms with van der Waals surface area (Å²) in [5.41, 5.74) is 2.36. The van der Waals surface area contributed by atoms with Crippen LogP contribution in [0.1, 0.15) is 30.1 Å². The molecule has 3 heterocycles. The number of amides is 1. The lowest BCUT2D eigenvalue weighted by Gasteiger charge is -2.32. The number of nitrogens with zero attached hydrogens (tertiary/aromatic N) is 4. The maximum Gasteiger partial charge on any atom is 0.227 e. The molecule has 166 valence electrons. The molecule has 1 aliphatic rings. The van der Waals surface area contributed by atoms with Crippen molar-refractivity contribution >= 4 is 34.1 Å². The van der Waals surface area contributed by atoms with E-state index in [1.165, 1.54) is 12.3 Å². The van der Waals surface area contributed by atoms with Crippen molar-refractivity contribution in [1.29, 1.82) is 0 Å². The van der Waals surface area contributed by atoms with E-state index in [9.17, 15) is 9.59 Å². The number of para-hydroxylation sites is 1. The smallest absolute Gasteiger partial charge is 0.227 e. The number of carbonyl (C=O) groups is 2. The Bertz CT molecular complexity index is 1320. The third kappa shape index (κ3) is 4.35. The number of aromatic nitrogens is 3. The Kier molecular flexibility index (Phi) is 5.60. The fourth-order valence-electron chi connectivity index (χ4n) is 4.36. The van der Waals surface area contributed by atoms with Gasteiger partial charge in [-0.15, -0.1) is 0 Å². The van der Waals surface area contributed by atoms with Crippen molar-refractivity contribution in [3.05, 3.63) is 78.8 Å². The van der Waals surface area contributed by atoms with Crippen molar-refractivity contribution in [3.8, 4) is 5.82 Å². The van der Waals surface area contributed by atoms with Crippen LogP contribution in [0.3, 0.4) is 0 Å². The lowest BCUT2D eigenvalue weighted by atomic mass is 9.95. The molecule has 0 radical (unpaired) electrons. The highest BCUT2D eigenvalue weighted by molar-refractivity contribution is 5.97. The summed E-state index contributed by atoms with van der Waals surface area (Å²) in [7, 11) is 0. The van der Waals surface area contributed by atoms with Crippen molar-refractivity contribution in [2.24, 2.45) is 5.92 Å². The van der Waals surface area contributed by atoms with Crippen LogP contribution < -0.4 is 10.2 Å². The predicted octanol–water partition coefficient (Wildman–Crippen LogP) is 4.48. The molecule has 7 heteroatoms. The van der Waals surface area contributed by atoms with Gasteiger partial charge in [0.2, 0.25) is 5.91 Å². The number of anilines is 2. The highest BCUT2D eigenvalue weighted by Gasteiger charge is 2.26. The topological polar surface area (TPSA) is 80.1 Å². The molecule has 7 nitrogen and oxygen atoms in total. The van der Waals surface area contributed by atoms with E-state index in [2.05, 4.69) is 43.0 Å². The number of nitrogens with one attached hydrogen (secondary N) is 1. The molecule has 2 aromatic heterocycles. The van der Waals surface area contributed by atoms with Crippen LogP contribution in [0.4, 0.5) is 11.5 Å². The molecular formula is C26H25N5O2. The first-order chi connectivity index (χ1) is 16.1. The zero-order valence-corrected chi connectivity index (χ0v) is 18.4. The highest BCUT2D eigenvalue weighted by Crippen LogP contribution is 2.25. The summed E-state index contributed by atoms with van der Waals surface area (Å²) in [5.74, 6) is 1.60. The van der Waals surface area contributed by atoms with Gasteiger partial charge in [0, 0.05) is 42.5 Å². The first-order valence-electron chi connectivity index (χ1n) is 11.1. The number of ketones is 1. The summed E-state index contributed by atoms with van der Waals surface area (Å²) in [4.78, 5) is 35.5. The molecule has 0 bridgehead atoms. The van der Waals surface area contributed by atoms with Crippen molar-refractivity contribution in [2.45, 2.75) is 19.8 Å². The SMILES string of the molecule is CC(=O)c1cccc(NC(=O)C2CCN(c3cc(-n4ccc5ccccc54)ncn3)CC2)c1. The summed E-state index contributed by atoms with van der Waals surface area (Å²) in [6, 6.07) is 19.4. The second kappa shape index (κ2) is 8.86. The van der Waals surface area contributed by atoms with Gasteiger partial charge in [-0.2, -0.15) is 0 Å². The molecule has 1 N–H and O–H groups in total. The number of fused-ring (bicyclic) bond motifs is 1. The van der Waals surface area contributed by atoms with Crippen molar-refractivity contribution in [2.75, 3.05) is 23.3 Å². The van der Waals surface area contributed by atoms with Gasteiger partial charge < -0.3 is 14.8 Å². The van der Waals surface area contributed by atoms with Crippen molar-refractivity contribution in [1.82, 2.24) is 14.5 Å². The van der Waals surface area contributed by atoms with E-state index < -0.39 is 0 Å². The van der Waals surface area contributed by atoms with Crippen LogP contribution in [0, 0.1) is 5.92 Å². The number of benzene rings is 2. The molecule has 33 heavy (non-hydrogen) atoms. The van der Waals surface area contributed by atoms with E-state index in [1.807, 2.05) is 30.5 Å². The number of hydrogen-bond donors (Lipinski definition) is 1. The Morgan fingerprint density at radius 1 is 0.939 bits per heavy atom. The Labute approximate surface area is 192 Å². The molecule has 1 saturated heterocycles. The maximum atomic E-state index is 12.8. The fourth-order valence-corrected chi connectivity index (χ4v) is 4.36. The zero-order valence-electron chi connectivity index (χ0n) is 18.4. The van der Waals surface area contributed by atoms with E-state index in [-0.39, 0.29) is 17.6 Å². The Morgan fingerprint density at radius 2 is 1.73 bits per heavy atom. The lowest BCUT2D eigenvalue weighted by molar-refractivity contribution is -0.120. The van der Waals surface area contributed by atoms with Gasteiger partial charge in [-0.05, 0) is 49.4 Å². The zero-order chi connectivity index (χ0) is 22.8. The summed E-state index contributed by atoms with van der Waals surface area (Å²) in [6.45, 7) is 3.01. The number of Topliss-reactive ketones (excluding diaryl/α,β-unsaturated/α-hetero) is 1. The van der Waals surface area contributed by atoms with Crippen molar-refractivity contribution in [3.63, 3.8) is 0 Å². The monoisotopic (exact) mass is 439 g/mol. The Hall–Kier alpha value is -4.00. The second-order valence-electron chi connectivity index (χ2n) is 8.37. The van der Waals surface area contributed by atoms with E-state index in [4.69, 9.17) is 0 Å². The molecule has 5 rings (SSSR count). The Morgan fingerprint density at radius 3 is 2.55 bits per heavy atom. The lowest BCUT2D eigenvalue weighted by Crippen LogP contribution is -2.38. The van der Waals surface area contributed by atoms with Gasteiger partial charge in [-0.3, -0.25) is 9.59 Å². The van der Waals surface area contributed by atoms with Crippen LogP contribution in [0.2, 0.25) is 0 Å². The van der Waals surface area contributed by atoms with E-state index in [1.54, 1.807) is 24.5 Å². The van der Waals surface area contributed by atoms with Gasteiger partial charge in [0.25, 0.3) is 0 Å². The van der Waals surface area contributed by atoms with Crippen LogP contribution in [0.5, 0.6) is 0 Å². The fraction of sp³-hybridized carbons (Fsp3) is 0.231. The van der Waals surface area contributed by atoms with Gasteiger partial charge in [0.15, 0.2) is 5.78 Å². The standard InChI is InChI=1S/C26H25N5O2/c1-18(32)21-6-4-7-22(15-21)29-26(33)20-9-12-30(13-10-20)24-16-25(28-17-27-24)31-14-11-19-5-2-3-8-23(19)31/h2-8,11,14-17,20H,9-10,12-13H2,1H3,(H,29,33). The van der Waals surface area contributed by atoms with E-state index in [0.29, 0.717) is 11.3 Å². The van der Waals surface area contributed by atoms with Gasteiger partial charge in [-0.25, -0.2) is 9.97 Å². The summed E-state index contributed by atoms with van der Waals surface area (Å²) in [5, 5.41) is 4.13. The minimum absolute atomic E-state index is 0.00228. The molecular weight excluding hydrogens is 414 g/mol. The van der Waals surface area contributed by atoms with Crippen molar-refractivity contribution < 1.29 is 9.59 Å². The van der Waals surface area contributed by atoms with Gasteiger partial charge in [0.1, 0.15) is 18.0 Å². The third-order valence-corrected chi connectivity index (χ3v) is 6.21. The quantitative estimate of drug-likeness (QED) is 0.464. The minimum atomic E-state index is -0.0723. The average Bonchev–Trinajstić information content (AvgIpc) is 3.29. The largest absolute Gasteiger partial charge is 0.356 e. The molecule has 1 aliphatic heterocycles. The molecule has 0 aliphatic carbocycles. The van der Waals surface area contributed by atoms with Crippen LogP contribution >= 0.6 is 0 Å². The van der Waals surface area contributed by atoms with Crippen LogP contribution in [0.25, 0.3) is 16.7 Å². The maximum absolute atomic E-state index is 12.8. The molecule has 0 unspecified atom stereocenters. The van der Waals surface area contributed by atoms with E-state index in [0.717, 1.165) is 43.1 Å². The molecule has 0 spiro atoms. The number of piperidine rings is 1. The average molecular weight is 440 g/mol. The van der Waals surface area contributed by atoms with Crippen LogP contribution in [-0.4, -0.2) is 39.3 Å². The number of hydrogen-bond acceptors (Lipinski definition) is 5. The van der Waals surface area contributed by atoms with Crippen LogP contribution in [-0.2, 0) is 4.79 Å². The number of rotatable bonds is 5. The normalized spacial score (nSPS) is 14.4. The molecule has 0 atom stereocenters. The summed E-state index contributed by atoms with van der Waals surface area (Å²) < 4.78 is 2.07. The Balaban J connectivity index is 1.25.